The van der Waals surface area contributed by atoms with Crippen molar-refractivity contribution in [3.05, 3.63) is 55.1 Å². The van der Waals surface area contributed by atoms with Gasteiger partial charge in [-0.25, -0.2) is 0 Å². The fraction of sp³-hybridized carbons (Fsp3) is 0.300. The number of carbonyl (C=O) groups is 1. The van der Waals surface area contributed by atoms with Crippen molar-refractivity contribution in [3.8, 4) is 0 Å². The number of rotatable bonds is 3. The molecule has 5 heteroatoms. The Balaban J connectivity index is 2.17. The number of para-hydroxylation sites is 1. The second-order valence-electron chi connectivity index (χ2n) is 6.98. The highest BCUT2D eigenvalue weighted by molar-refractivity contribution is 7.07. The molecular weight excluding hydrogens is 334 g/mol. The molecule has 1 N–H and O–H groups in total. The molecule has 0 aliphatic heterocycles. The van der Waals surface area contributed by atoms with Crippen molar-refractivity contribution in [1.29, 1.82) is 0 Å². The van der Waals surface area contributed by atoms with Crippen LogP contribution in [0.15, 0.2) is 33.5 Å². The third-order valence-corrected chi connectivity index (χ3v) is 4.95. The topological polar surface area (TPSA) is 63.1 Å². The Bertz CT molecular complexity index is 1110. The lowest BCUT2D eigenvalue weighted by Gasteiger charge is -2.12. The lowest BCUT2D eigenvalue weighted by Crippen LogP contribution is -2.22. The minimum absolute atomic E-state index is 0.0143. The number of furan rings is 1. The van der Waals surface area contributed by atoms with Crippen LogP contribution in [-0.2, 0) is 11.2 Å². The molecule has 1 aromatic carbocycles. The molecule has 0 aliphatic carbocycles. The summed E-state index contributed by atoms with van der Waals surface area (Å²) in [7, 11) is 0. The van der Waals surface area contributed by atoms with Gasteiger partial charge >= 0.3 is 0 Å². The van der Waals surface area contributed by atoms with Crippen LogP contribution in [0.1, 0.15) is 39.0 Å². The van der Waals surface area contributed by atoms with Crippen LogP contribution in [0.2, 0.25) is 0 Å². The molecule has 25 heavy (non-hydrogen) atoms. The van der Waals surface area contributed by atoms with E-state index in [-0.39, 0.29) is 11.3 Å². The third kappa shape index (κ3) is 3.51. The first-order chi connectivity index (χ1) is 11.8. The van der Waals surface area contributed by atoms with E-state index in [0.717, 1.165) is 28.7 Å². The van der Waals surface area contributed by atoms with Gasteiger partial charge in [-0.05, 0) is 12.1 Å². The average Bonchev–Trinajstić information content (AvgIpc) is 3.07. The molecule has 0 amide bonds. The van der Waals surface area contributed by atoms with Gasteiger partial charge < -0.3 is 9.40 Å². The molecular formula is C20H21NO3S. The lowest BCUT2D eigenvalue weighted by atomic mass is 9.91. The van der Waals surface area contributed by atoms with Crippen molar-refractivity contribution in [2.45, 2.75) is 34.1 Å². The molecule has 0 bridgehead atoms. The molecule has 4 nitrogen and oxygen atoms in total. The average molecular weight is 355 g/mol. The van der Waals surface area contributed by atoms with Gasteiger partial charge in [-0.3, -0.25) is 9.59 Å². The van der Waals surface area contributed by atoms with Gasteiger partial charge in [0.2, 0.25) is 0 Å². The number of aromatic amines is 1. The summed E-state index contributed by atoms with van der Waals surface area (Å²) in [6, 6.07) is 7.79. The number of hydrogen-bond acceptors (Lipinski definition) is 4. The van der Waals surface area contributed by atoms with E-state index in [1.807, 2.05) is 58.0 Å². The maximum atomic E-state index is 12.3. The highest BCUT2D eigenvalue weighted by Gasteiger charge is 2.18. The van der Waals surface area contributed by atoms with Crippen LogP contribution in [-0.4, -0.2) is 10.8 Å². The minimum atomic E-state index is -0.471. The predicted octanol–water partition coefficient (Wildman–Crippen LogP) is 2.97. The third-order valence-electron chi connectivity index (χ3n) is 3.99. The normalized spacial score (nSPS) is 13.8. The van der Waals surface area contributed by atoms with Crippen molar-refractivity contribution in [2.75, 3.05) is 0 Å². The number of benzene rings is 1. The first-order valence-electron chi connectivity index (χ1n) is 8.27. The van der Waals surface area contributed by atoms with Crippen LogP contribution in [0.25, 0.3) is 23.1 Å². The highest BCUT2D eigenvalue weighted by Crippen LogP contribution is 2.26. The summed E-state index contributed by atoms with van der Waals surface area (Å²) in [5, 5.41) is 0.989. The molecule has 0 unspecified atom stereocenters. The number of aryl methyl sites for hydroxylation is 1. The molecule has 0 saturated heterocycles. The van der Waals surface area contributed by atoms with E-state index in [0.29, 0.717) is 9.20 Å². The second kappa shape index (κ2) is 6.48. The van der Waals surface area contributed by atoms with Gasteiger partial charge in [-0.1, -0.05) is 45.9 Å². The maximum absolute atomic E-state index is 12.3. The number of carbonyl (C=O) groups excluding carboxylic acids is 1. The van der Waals surface area contributed by atoms with Gasteiger partial charge in [0.15, 0.2) is 5.78 Å². The van der Waals surface area contributed by atoms with Crippen molar-refractivity contribution in [3.63, 3.8) is 0 Å². The first-order valence-corrected chi connectivity index (χ1v) is 9.08. The van der Waals surface area contributed by atoms with E-state index in [1.165, 1.54) is 17.4 Å². The number of fused-ring (bicyclic) bond motifs is 1. The highest BCUT2D eigenvalue weighted by atomic mass is 32.1. The Hall–Kier alpha value is -2.40. The van der Waals surface area contributed by atoms with Gasteiger partial charge in [0.25, 0.3) is 5.56 Å². The Morgan fingerprint density at radius 3 is 2.68 bits per heavy atom. The summed E-state index contributed by atoms with van der Waals surface area (Å²) >= 11 is 1.29. The number of hydrogen-bond donors (Lipinski definition) is 1. The molecule has 0 aliphatic rings. The van der Waals surface area contributed by atoms with Crippen molar-refractivity contribution in [1.82, 2.24) is 4.98 Å². The Morgan fingerprint density at radius 2 is 2.00 bits per heavy atom. The lowest BCUT2D eigenvalue weighted by molar-refractivity contribution is -0.119. The van der Waals surface area contributed by atoms with Crippen LogP contribution in [0.3, 0.4) is 0 Å². The van der Waals surface area contributed by atoms with Crippen LogP contribution in [0.5, 0.6) is 0 Å². The maximum Gasteiger partial charge on any atom is 0.266 e. The van der Waals surface area contributed by atoms with E-state index in [1.54, 1.807) is 0 Å². The zero-order valence-corrected chi connectivity index (χ0v) is 15.6. The number of nitrogens with one attached hydrogen (secondary N) is 1. The standard InChI is InChI=1S/C20H21NO3S/c1-5-14-13(12-8-6-7-9-15(12)24-14)10-16-19(23)21-18(25-16)11-17(22)20(2,3)4/h6-11H,5H2,1-4H3,(H,21,23)/b16-10-,18-11-. The van der Waals surface area contributed by atoms with Crippen LogP contribution >= 0.6 is 11.3 Å². The molecule has 0 spiro atoms. The Labute approximate surface area is 149 Å². The molecule has 0 atom stereocenters. The number of ketones is 1. The molecule has 2 aromatic heterocycles. The van der Waals surface area contributed by atoms with E-state index >= 15 is 0 Å². The van der Waals surface area contributed by atoms with Gasteiger partial charge in [0.1, 0.15) is 11.3 Å². The number of Topliss-reactive ketones (excluding diaryl/α,β-unsaturated/α-hetero) is 1. The summed E-state index contributed by atoms with van der Waals surface area (Å²) in [6.07, 6.45) is 4.11. The Kier molecular flexibility index (Phi) is 4.52. The fourth-order valence-electron chi connectivity index (χ4n) is 2.53. The smallest absolute Gasteiger partial charge is 0.266 e. The van der Waals surface area contributed by atoms with E-state index in [2.05, 4.69) is 4.98 Å². The summed E-state index contributed by atoms with van der Waals surface area (Å²) in [5.74, 6) is 0.838. The number of aromatic nitrogens is 1. The molecule has 2 heterocycles. The van der Waals surface area contributed by atoms with Crippen molar-refractivity contribution < 1.29 is 9.21 Å². The van der Waals surface area contributed by atoms with Crippen LogP contribution in [0, 0.1) is 5.41 Å². The summed E-state index contributed by atoms with van der Waals surface area (Å²) in [5.41, 5.74) is 1.08. The molecule has 0 saturated carbocycles. The molecule has 0 fully saturated rings. The summed E-state index contributed by atoms with van der Waals surface area (Å²) < 4.78 is 7.01. The van der Waals surface area contributed by atoms with Crippen LogP contribution in [0.4, 0.5) is 0 Å². The monoisotopic (exact) mass is 355 g/mol. The van der Waals surface area contributed by atoms with Crippen LogP contribution < -0.4 is 14.8 Å². The SMILES string of the molecule is CCc1oc2ccccc2c1/C=c1\s/c(=C\C(=O)C(C)(C)C)[nH]c1=O. The molecule has 130 valence electrons. The minimum Gasteiger partial charge on any atom is -0.460 e. The largest absolute Gasteiger partial charge is 0.460 e. The summed E-state index contributed by atoms with van der Waals surface area (Å²) in [6.45, 7) is 7.59. The molecule has 0 radical (unpaired) electrons. The van der Waals surface area contributed by atoms with Crippen molar-refractivity contribution in [2.24, 2.45) is 5.41 Å². The molecule has 3 aromatic rings. The van der Waals surface area contributed by atoms with Gasteiger partial charge in [0.05, 0.1) is 9.20 Å². The zero-order chi connectivity index (χ0) is 18.2. The zero-order valence-electron chi connectivity index (χ0n) is 14.8. The van der Waals surface area contributed by atoms with E-state index in [4.69, 9.17) is 4.42 Å². The number of H-pyrrole nitrogens is 1. The van der Waals surface area contributed by atoms with E-state index in [9.17, 15) is 9.59 Å². The Morgan fingerprint density at radius 1 is 1.28 bits per heavy atom. The first kappa shape index (κ1) is 17.4. The second-order valence-corrected chi connectivity index (χ2v) is 8.06. The quantitative estimate of drug-likeness (QED) is 0.786. The fourth-order valence-corrected chi connectivity index (χ4v) is 3.40. The number of thiazole rings is 1. The summed E-state index contributed by atoms with van der Waals surface area (Å²) in [4.78, 5) is 27.2. The predicted molar refractivity (Wildman–Crippen MR) is 102 cm³/mol. The van der Waals surface area contributed by atoms with Gasteiger partial charge in [0, 0.05) is 28.9 Å². The van der Waals surface area contributed by atoms with Gasteiger partial charge in [-0.2, -0.15) is 0 Å². The van der Waals surface area contributed by atoms with Crippen molar-refractivity contribution >= 4 is 40.2 Å². The van der Waals surface area contributed by atoms with Gasteiger partial charge in [-0.15, -0.1) is 11.3 Å². The molecule has 3 rings (SSSR count). The van der Waals surface area contributed by atoms with E-state index < -0.39 is 5.41 Å².